The van der Waals surface area contributed by atoms with Crippen molar-refractivity contribution in [3.05, 3.63) is 23.4 Å². The second kappa shape index (κ2) is 4.64. The van der Waals surface area contributed by atoms with Crippen LogP contribution in [0.5, 0.6) is 0 Å². The third-order valence-electron chi connectivity index (χ3n) is 1.56. The third-order valence-corrected chi connectivity index (χ3v) is 3.06. The van der Waals surface area contributed by atoms with Gasteiger partial charge in [0.1, 0.15) is 5.56 Å². The van der Waals surface area contributed by atoms with Crippen molar-refractivity contribution >= 4 is 27.6 Å². The first-order chi connectivity index (χ1) is 7.34. The number of aromatic amines is 1. The van der Waals surface area contributed by atoms with Crippen LogP contribution in [0.4, 0.5) is 0 Å². The highest BCUT2D eigenvalue weighted by Crippen LogP contribution is 2.11. The van der Waals surface area contributed by atoms with E-state index in [1.54, 1.807) is 0 Å². The Labute approximate surface area is 96.2 Å². The molecular weight excluding hydrogens is 258 g/mol. The van der Waals surface area contributed by atoms with Crippen molar-refractivity contribution in [1.29, 1.82) is 0 Å². The molecule has 0 aliphatic heterocycles. The number of aromatic carboxylic acids is 1. The highest BCUT2D eigenvalue weighted by molar-refractivity contribution is 7.89. The van der Waals surface area contributed by atoms with Gasteiger partial charge >= 0.3 is 5.97 Å². The molecular formula is C7H8ClN3O4S. The van der Waals surface area contributed by atoms with E-state index < -0.39 is 26.6 Å². The van der Waals surface area contributed by atoms with Gasteiger partial charge in [-0.3, -0.25) is 5.10 Å². The molecule has 0 atom stereocenters. The lowest BCUT2D eigenvalue weighted by molar-refractivity contribution is 0.0692. The fraction of sp³-hybridized carbons (Fsp3) is 0.143. The van der Waals surface area contributed by atoms with Gasteiger partial charge in [0, 0.05) is 11.6 Å². The van der Waals surface area contributed by atoms with Crippen molar-refractivity contribution < 1.29 is 18.3 Å². The smallest absolute Gasteiger partial charge is 0.340 e. The van der Waals surface area contributed by atoms with Gasteiger partial charge in [-0.25, -0.2) is 17.9 Å². The Hall–Kier alpha value is -1.38. The Morgan fingerprint density at radius 1 is 1.69 bits per heavy atom. The summed E-state index contributed by atoms with van der Waals surface area (Å²) in [4.78, 5) is 10.7. The van der Waals surface area contributed by atoms with Crippen LogP contribution in [0, 0.1) is 0 Å². The second-order valence-corrected chi connectivity index (χ2v) is 5.00. The molecule has 1 aromatic rings. The zero-order chi connectivity index (χ0) is 12.3. The van der Waals surface area contributed by atoms with Crippen molar-refractivity contribution in [2.24, 2.45) is 0 Å². The van der Waals surface area contributed by atoms with E-state index in [-0.39, 0.29) is 11.6 Å². The zero-order valence-corrected chi connectivity index (χ0v) is 9.47. The SMILES string of the molecule is C=C(Cl)CNS(=O)(=O)c1[nH]ncc1C(=O)O. The van der Waals surface area contributed by atoms with Crippen LogP contribution in [-0.2, 0) is 10.0 Å². The molecule has 0 saturated carbocycles. The lowest BCUT2D eigenvalue weighted by atomic mass is 10.4. The first-order valence-electron chi connectivity index (χ1n) is 3.94. The highest BCUT2D eigenvalue weighted by atomic mass is 35.5. The average molecular weight is 266 g/mol. The van der Waals surface area contributed by atoms with Gasteiger partial charge in [0.05, 0.1) is 6.20 Å². The van der Waals surface area contributed by atoms with Gasteiger partial charge in [-0.05, 0) is 0 Å². The largest absolute Gasteiger partial charge is 0.478 e. The number of carboxylic acid groups (broad SMARTS) is 1. The molecule has 0 amide bonds. The van der Waals surface area contributed by atoms with Crippen molar-refractivity contribution in [3.8, 4) is 0 Å². The van der Waals surface area contributed by atoms with E-state index >= 15 is 0 Å². The van der Waals surface area contributed by atoms with Crippen LogP contribution in [-0.4, -0.2) is 36.2 Å². The van der Waals surface area contributed by atoms with Crippen LogP contribution < -0.4 is 4.72 Å². The number of nitrogens with zero attached hydrogens (tertiary/aromatic N) is 1. The molecule has 0 aliphatic rings. The van der Waals surface area contributed by atoms with Crippen molar-refractivity contribution in [3.63, 3.8) is 0 Å². The molecule has 0 spiro atoms. The Kier molecular flexibility index (Phi) is 3.68. The summed E-state index contributed by atoms with van der Waals surface area (Å²) >= 11 is 5.38. The fourth-order valence-electron chi connectivity index (χ4n) is 0.877. The molecule has 1 rings (SSSR count). The summed E-state index contributed by atoms with van der Waals surface area (Å²) in [6.07, 6.45) is 0.909. The molecule has 7 nitrogen and oxygen atoms in total. The maximum Gasteiger partial charge on any atom is 0.340 e. The zero-order valence-electron chi connectivity index (χ0n) is 7.90. The van der Waals surface area contributed by atoms with Gasteiger partial charge in [-0.15, -0.1) is 0 Å². The summed E-state index contributed by atoms with van der Waals surface area (Å²) in [7, 11) is -3.98. The number of hydrogen-bond acceptors (Lipinski definition) is 4. The summed E-state index contributed by atoms with van der Waals surface area (Å²) < 4.78 is 25.2. The number of hydrogen-bond donors (Lipinski definition) is 3. The molecule has 0 fully saturated rings. The summed E-state index contributed by atoms with van der Waals surface area (Å²) in [5.41, 5.74) is -0.437. The van der Waals surface area contributed by atoms with Crippen LogP contribution in [0.25, 0.3) is 0 Å². The van der Waals surface area contributed by atoms with E-state index in [1.807, 2.05) is 0 Å². The van der Waals surface area contributed by atoms with Crippen LogP contribution in [0.1, 0.15) is 10.4 Å². The first-order valence-corrected chi connectivity index (χ1v) is 5.80. The van der Waals surface area contributed by atoms with Gasteiger partial charge in [0.25, 0.3) is 10.0 Å². The lowest BCUT2D eigenvalue weighted by Crippen LogP contribution is -2.26. The first kappa shape index (κ1) is 12.7. The second-order valence-electron chi connectivity index (χ2n) is 2.76. The maximum atomic E-state index is 11.6. The summed E-state index contributed by atoms with van der Waals surface area (Å²) in [5.74, 6) is -1.39. The number of halogens is 1. The van der Waals surface area contributed by atoms with Crippen molar-refractivity contribution in [2.75, 3.05) is 6.54 Å². The summed E-state index contributed by atoms with van der Waals surface area (Å²) in [6, 6.07) is 0. The van der Waals surface area contributed by atoms with Crippen molar-refractivity contribution in [1.82, 2.24) is 14.9 Å². The molecule has 9 heteroatoms. The number of rotatable bonds is 5. The number of carboxylic acids is 1. The minimum absolute atomic E-state index is 0.0833. The molecule has 0 saturated heterocycles. The van der Waals surface area contributed by atoms with E-state index in [4.69, 9.17) is 16.7 Å². The Bertz CT molecular complexity index is 521. The molecule has 16 heavy (non-hydrogen) atoms. The maximum absolute atomic E-state index is 11.6. The molecule has 0 unspecified atom stereocenters. The number of aromatic nitrogens is 2. The topological polar surface area (TPSA) is 112 Å². The standard InChI is InChI=1S/C7H8ClN3O4S/c1-4(8)2-10-16(14,15)6-5(7(12)13)3-9-11-6/h3,10H,1-2H2,(H,9,11)(H,12,13). The van der Waals surface area contributed by atoms with Gasteiger partial charge in [0.2, 0.25) is 0 Å². The normalized spacial score (nSPS) is 11.3. The Balaban J connectivity index is 3.03. The van der Waals surface area contributed by atoms with E-state index in [1.165, 1.54) is 0 Å². The summed E-state index contributed by atoms with van der Waals surface area (Å²) in [5, 5.41) is 13.7. The number of carbonyl (C=O) groups is 1. The molecule has 0 aromatic carbocycles. The van der Waals surface area contributed by atoms with Crippen LogP contribution in [0.3, 0.4) is 0 Å². The van der Waals surface area contributed by atoms with E-state index in [0.29, 0.717) is 0 Å². The quantitative estimate of drug-likeness (QED) is 0.701. The minimum Gasteiger partial charge on any atom is -0.478 e. The van der Waals surface area contributed by atoms with Crippen molar-refractivity contribution in [2.45, 2.75) is 5.03 Å². The molecule has 0 aliphatic carbocycles. The summed E-state index contributed by atoms with van der Waals surface area (Å²) in [6.45, 7) is 3.10. The third kappa shape index (κ3) is 2.81. The Morgan fingerprint density at radius 3 is 2.81 bits per heavy atom. The fourth-order valence-corrected chi connectivity index (χ4v) is 2.13. The number of nitrogens with one attached hydrogen (secondary N) is 2. The monoisotopic (exact) mass is 265 g/mol. The van der Waals surface area contributed by atoms with Crippen LogP contribution >= 0.6 is 11.6 Å². The van der Waals surface area contributed by atoms with E-state index in [2.05, 4.69) is 21.5 Å². The molecule has 3 N–H and O–H groups in total. The predicted octanol–water partition coefficient (Wildman–Crippen LogP) is 0.139. The average Bonchev–Trinajstić information content (AvgIpc) is 2.63. The highest BCUT2D eigenvalue weighted by Gasteiger charge is 2.24. The molecule has 88 valence electrons. The molecule has 0 bridgehead atoms. The van der Waals surface area contributed by atoms with Crippen LogP contribution in [0.2, 0.25) is 0 Å². The van der Waals surface area contributed by atoms with E-state index in [0.717, 1.165) is 6.20 Å². The van der Waals surface area contributed by atoms with Crippen LogP contribution in [0.15, 0.2) is 22.8 Å². The molecule has 0 radical (unpaired) electrons. The number of sulfonamides is 1. The van der Waals surface area contributed by atoms with Gasteiger partial charge in [-0.2, -0.15) is 5.10 Å². The molecule has 1 aromatic heterocycles. The number of H-pyrrole nitrogens is 1. The van der Waals surface area contributed by atoms with E-state index in [9.17, 15) is 13.2 Å². The predicted molar refractivity (Wildman–Crippen MR) is 55.7 cm³/mol. The lowest BCUT2D eigenvalue weighted by Gasteiger charge is -2.03. The molecule has 1 heterocycles. The van der Waals surface area contributed by atoms with Gasteiger partial charge in [-0.1, -0.05) is 18.2 Å². The van der Waals surface area contributed by atoms with Gasteiger partial charge < -0.3 is 5.11 Å². The van der Waals surface area contributed by atoms with Gasteiger partial charge in [0.15, 0.2) is 5.03 Å². The minimum atomic E-state index is -3.98. The Morgan fingerprint density at radius 2 is 2.31 bits per heavy atom.